The van der Waals surface area contributed by atoms with Crippen LogP contribution >= 0.6 is 0 Å². The Bertz CT molecular complexity index is 806. The number of hydrogen-bond acceptors (Lipinski definition) is 4. The lowest BCUT2D eigenvalue weighted by Gasteiger charge is -2.16. The van der Waals surface area contributed by atoms with Crippen molar-refractivity contribution in [3.63, 3.8) is 0 Å². The number of aryl methyl sites for hydroxylation is 1. The Morgan fingerprint density at radius 1 is 1.28 bits per heavy atom. The summed E-state index contributed by atoms with van der Waals surface area (Å²) in [6.45, 7) is 5.34. The van der Waals surface area contributed by atoms with Crippen LogP contribution in [0.2, 0.25) is 0 Å². The number of hydrogen-bond donors (Lipinski definition) is 1. The lowest BCUT2D eigenvalue weighted by atomic mass is 9.98. The number of anilines is 1. The summed E-state index contributed by atoms with van der Waals surface area (Å²) < 4.78 is 18.8. The highest BCUT2D eigenvalue weighted by Gasteiger charge is 2.21. The fourth-order valence-corrected chi connectivity index (χ4v) is 2.44. The van der Waals surface area contributed by atoms with E-state index in [1.807, 2.05) is 39.0 Å². The molecule has 7 heteroatoms. The second-order valence-electron chi connectivity index (χ2n) is 5.88. The van der Waals surface area contributed by atoms with Crippen LogP contribution in [0.4, 0.5) is 15.8 Å². The molecule has 2 aromatic carbocycles. The molecule has 0 aliphatic heterocycles. The van der Waals surface area contributed by atoms with Crippen LogP contribution in [0.5, 0.6) is 5.75 Å². The maximum absolute atomic E-state index is 13.8. The first-order valence-corrected chi connectivity index (χ1v) is 7.76. The SMILES string of the molecule is Cc1cccc(C(C)C)c1NC(=O)COc1c(F)cccc1[N+](=O)[O-]. The van der Waals surface area contributed by atoms with Crippen molar-refractivity contribution in [2.24, 2.45) is 0 Å². The maximum Gasteiger partial charge on any atom is 0.314 e. The quantitative estimate of drug-likeness (QED) is 0.628. The van der Waals surface area contributed by atoms with E-state index in [9.17, 15) is 19.3 Å². The average Bonchev–Trinajstić information content (AvgIpc) is 2.55. The number of amides is 1. The number of carbonyl (C=O) groups is 1. The van der Waals surface area contributed by atoms with Gasteiger partial charge < -0.3 is 10.1 Å². The van der Waals surface area contributed by atoms with Crippen molar-refractivity contribution in [1.29, 1.82) is 0 Å². The molecule has 2 rings (SSSR count). The minimum absolute atomic E-state index is 0.198. The summed E-state index contributed by atoms with van der Waals surface area (Å²) in [6, 6.07) is 9.05. The highest BCUT2D eigenvalue weighted by atomic mass is 19.1. The van der Waals surface area contributed by atoms with Crippen LogP contribution in [-0.4, -0.2) is 17.4 Å². The van der Waals surface area contributed by atoms with E-state index in [4.69, 9.17) is 4.74 Å². The molecule has 0 aliphatic carbocycles. The Morgan fingerprint density at radius 2 is 1.96 bits per heavy atom. The van der Waals surface area contributed by atoms with E-state index in [-0.39, 0.29) is 5.92 Å². The van der Waals surface area contributed by atoms with E-state index < -0.39 is 34.7 Å². The second kappa shape index (κ2) is 7.74. The minimum atomic E-state index is -0.888. The number of nitrogens with zero attached hydrogens (tertiary/aromatic N) is 1. The number of nitro benzene ring substituents is 1. The van der Waals surface area contributed by atoms with Crippen molar-refractivity contribution < 1.29 is 18.8 Å². The van der Waals surface area contributed by atoms with Gasteiger partial charge in [-0.25, -0.2) is 4.39 Å². The number of rotatable bonds is 6. The summed E-state index contributed by atoms with van der Waals surface area (Å²) in [6.07, 6.45) is 0. The third kappa shape index (κ3) is 4.32. The van der Waals surface area contributed by atoms with Gasteiger partial charge in [0, 0.05) is 11.8 Å². The zero-order chi connectivity index (χ0) is 18.6. The molecule has 1 N–H and O–H groups in total. The predicted octanol–water partition coefficient (Wildman–Crippen LogP) is 4.18. The van der Waals surface area contributed by atoms with Crippen LogP contribution in [0.3, 0.4) is 0 Å². The Labute approximate surface area is 144 Å². The van der Waals surface area contributed by atoms with Gasteiger partial charge in [0.25, 0.3) is 5.91 Å². The maximum atomic E-state index is 13.8. The van der Waals surface area contributed by atoms with Gasteiger partial charge in [-0.3, -0.25) is 14.9 Å². The largest absolute Gasteiger partial charge is 0.475 e. The number of nitro groups is 1. The molecule has 0 bridgehead atoms. The predicted molar refractivity (Wildman–Crippen MR) is 92.4 cm³/mol. The van der Waals surface area contributed by atoms with Gasteiger partial charge in [-0.1, -0.05) is 38.1 Å². The summed E-state index contributed by atoms with van der Waals surface area (Å²) >= 11 is 0. The summed E-state index contributed by atoms with van der Waals surface area (Å²) in [4.78, 5) is 22.4. The summed E-state index contributed by atoms with van der Waals surface area (Å²) in [5, 5.41) is 13.7. The second-order valence-corrected chi connectivity index (χ2v) is 5.88. The van der Waals surface area contributed by atoms with Gasteiger partial charge in [-0.05, 0) is 30.0 Å². The van der Waals surface area contributed by atoms with E-state index in [0.717, 1.165) is 23.3 Å². The summed E-state index contributed by atoms with van der Waals surface area (Å²) in [5.41, 5.74) is 2.00. The van der Waals surface area contributed by atoms with E-state index in [1.165, 1.54) is 6.07 Å². The molecule has 0 saturated heterocycles. The molecule has 1 amide bonds. The first-order valence-electron chi connectivity index (χ1n) is 7.76. The van der Waals surface area contributed by atoms with E-state index in [0.29, 0.717) is 5.69 Å². The number of carbonyl (C=O) groups excluding carboxylic acids is 1. The molecule has 0 atom stereocenters. The number of nitrogens with one attached hydrogen (secondary N) is 1. The van der Waals surface area contributed by atoms with Crippen molar-refractivity contribution in [3.05, 3.63) is 63.5 Å². The highest BCUT2D eigenvalue weighted by molar-refractivity contribution is 5.93. The third-order valence-corrected chi connectivity index (χ3v) is 3.68. The molecule has 0 heterocycles. The van der Waals surface area contributed by atoms with Gasteiger partial charge >= 0.3 is 5.69 Å². The topological polar surface area (TPSA) is 81.5 Å². The van der Waals surface area contributed by atoms with Crippen molar-refractivity contribution >= 4 is 17.3 Å². The molecule has 132 valence electrons. The molecule has 0 saturated carbocycles. The van der Waals surface area contributed by atoms with Crippen LogP contribution in [0.1, 0.15) is 30.9 Å². The Hall–Kier alpha value is -2.96. The molecule has 0 spiro atoms. The number of benzene rings is 2. The smallest absolute Gasteiger partial charge is 0.314 e. The fraction of sp³-hybridized carbons (Fsp3) is 0.278. The molecule has 0 radical (unpaired) electrons. The Kier molecular flexibility index (Phi) is 5.69. The van der Waals surface area contributed by atoms with Crippen molar-refractivity contribution in [3.8, 4) is 5.75 Å². The highest BCUT2D eigenvalue weighted by Crippen LogP contribution is 2.30. The number of ether oxygens (including phenoxy) is 1. The van der Waals surface area contributed by atoms with Crippen molar-refractivity contribution in [1.82, 2.24) is 0 Å². The van der Waals surface area contributed by atoms with E-state index >= 15 is 0 Å². The fourth-order valence-electron chi connectivity index (χ4n) is 2.44. The lowest BCUT2D eigenvalue weighted by Crippen LogP contribution is -2.22. The van der Waals surface area contributed by atoms with E-state index in [2.05, 4.69) is 5.32 Å². The number of para-hydroxylation sites is 2. The third-order valence-electron chi connectivity index (χ3n) is 3.68. The first-order chi connectivity index (χ1) is 11.8. The molecule has 0 aliphatic rings. The lowest BCUT2D eigenvalue weighted by molar-refractivity contribution is -0.386. The standard InChI is InChI=1S/C18H19FN2O4/c1-11(2)13-7-4-6-12(3)17(13)20-16(22)10-25-18-14(19)8-5-9-15(18)21(23)24/h4-9,11H,10H2,1-3H3,(H,20,22). The van der Waals surface area contributed by atoms with Crippen LogP contribution in [0.15, 0.2) is 36.4 Å². The monoisotopic (exact) mass is 346 g/mol. The van der Waals surface area contributed by atoms with Gasteiger partial charge in [0.05, 0.1) is 4.92 Å². The molecule has 0 aromatic heterocycles. The van der Waals surface area contributed by atoms with Gasteiger partial charge in [-0.15, -0.1) is 0 Å². The molecule has 25 heavy (non-hydrogen) atoms. The van der Waals surface area contributed by atoms with Crippen LogP contribution < -0.4 is 10.1 Å². The van der Waals surface area contributed by atoms with Crippen molar-refractivity contribution in [2.45, 2.75) is 26.7 Å². The molecular formula is C18H19FN2O4. The van der Waals surface area contributed by atoms with Gasteiger partial charge in [0.2, 0.25) is 5.75 Å². The summed E-state index contributed by atoms with van der Waals surface area (Å²) in [7, 11) is 0. The molecule has 6 nitrogen and oxygen atoms in total. The van der Waals surface area contributed by atoms with Gasteiger partial charge in [0.15, 0.2) is 12.4 Å². The molecule has 2 aromatic rings. The normalized spacial score (nSPS) is 10.6. The first kappa shape index (κ1) is 18.4. The molecule has 0 fully saturated rings. The number of halogens is 1. The zero-order valence-corrected chi connectivity index (χ0v) is 14.2. The van der Waals surface area contributed by atoms with Crippen LogP contribution in [0.25, 0.3) is 0 Å². The summed E-state index contributed by atoms with van der Waals surface area (Å²) in [5.74, 6) is -1.75. The van der Waals surface area contributed by atoms with E-state index in [1.54, 1.807) is 0 Å². The molecule has 0 unspecified atom stereocenters. The van der Waals surface area contributed by atoms with Crippen LogP contribution in [0, 0.1) is 22.9 Å². The van der Waals surface area contributed by atoms with Crippen molar-refractivity contribution in [2.75, 3.05) is 11.9 Å². The van der Waals surface area contributed by atoms with Gasteiger partial charge in [0.1, 0.15) is 0 Å². The Balaban J connectivity index is 2.15. The van der Waals surface area contributed by atoms with Crippen LogP contribution in [-0.2, 0) is 4.79 Å². The molecular weight excluding hydrogens is 327 g/mol. The average molecular weight is 346 g/mol. The zero-order valence-electron chi connectivity index (χ0n) is 14.2. The van der Waals surface area contributed by atoms with Gasteiger partial charge in [-0.2, -0.15) is 0 Å². The Morgan fingerprint density at radius 3 is 2.60 bits per heavy atom. The minimum Gasteiger partial charge on any atom is -0.475 e.